The lowest BCUT2D eigenvalue weighted by Gasteiger charge is -2.35. The van der Waals surface area contributed by atoms with Gasteiger partial charge in [-0.05, 0) is 71.9 Å². The molecule has 1 aliphatic carbocycles. The molecule has 1 unspecified atom stereocenters. The van der Waals surface area contributed by atoms with Crippen LogP contribution in [0.2, 0.25) is 0 Å². The number of hydrogen-bond acceptors (Lipinski definition) is 4. The third-order valence-electron chi connectivity index (χ3n) is 7.00. The Kier molecular flexibility index (Phi) is 10.7. The average Bonchev–Trinajstić information content (AvgIpc) is 2.81. The Balaban J connectivity index is 1.34. The number of nitrogens with one attached hydrogen (secondary N) is 1. The summed E-state index contributed by atoms with van der Waals surface area (Å²) in [7, 11) is 2.30. The number of likely N-dealkylation sites (tertiary alicyclic amines) is 1. The van der Waals surface area contributed by atoms with Crippen LogP contribution >= 0.6 is 0 Å². The number of ether oxygens (including phenoxy) is 2. The molecule has 3 aliphatic rings. The van der Waals surface area contributed by atoms with Crippen molar-refractivity contribution in [1.29, 1.82) is 0 Å². The smallest absolute Gasteiger partial charge is 0.193 e. The molecule has 0 aromatic carbocycles. The highest BCUT2D eigenvalue weighted by Crippen LogP contribution is 2.21. The number of piperidine rings is 1. The summed E-state index contributed by atoms with van der Waals surface area (Å²) in [4.78, 5) is 9.93. The second kappa shape index (κ2) is 13.5. The summed E-state index contributed by atoms with van der Waals surface area (Å²) in [5, 5.41) is 3.50. The second-order valence-corrected chi connectivity index (χ2v) is 9.37. The standard InChI is InChI=1S/C24H46N4O2/c1-3-25-24(26-15-9-16-27(2)21-10-5-4-6-11-21)28-17-13-22(14-18-28)30-20-23-12-7-8-19-29-23/h21-23H,3-20H2,1-2H3,(H,25,26). The molecule has 2 aliphatic heterocycles. The van der Waals surface area contributed by atoms with Gasteiger partial charge in [0.2, 0.25) is 0 Å². The van der Waals surface area contributed by atoms with Crippen LogP contribution in [0.5, 0.6) is 0 Å². The molecule has 0 spiro atoms. The van der Waals surface area contributed by atoms with E-state index in [0.29, 0.717) is 12.2 Å². The fourth-order valence-electron chi connectivity index (χ4n) is 5.05. The van der Waals surface area contributed by atoms with Gasteiger partial charge in [-0.1, -0.05) is 19.3 Å². The lowest BCUT2D eigenvalue weighted by Crippen LogP contribution is -2.47. The molecule has 2 heterocycles. The molecule has 2 saturated heterocycles. The second-order valence-electron chi connectivity index (χ2n) is 9.37. The lowest BCUT2D eigenvalue weighted by molar-refractivity contribution is -0.0721. The van der Waals surface area contributed by atoms with Gasteiger partial charge in [0, 0.05) is 38.8 Å². The first-order chi connectivity index (χ1) is 14.8. The van der Waals surface area contributed by atoms with Crippen LogP contribution in [0.3, 0.4) is 0 Å². The van der Waals surface area contributed by atoms with Gasteiger partial charge in [-0.15, -0.1) is 0 Å². The zero-order chi connectivity index (χ0) is 21.0. The Morgan fingerprint density at radius 3 is 2.53 bits per heavy atom. The summed E-state index contributed by atoms with van der Waals surface area (Å²) in [5.41, 5.74) is 0. The van der Waals surface area contributed by atoms with E-state index in [-0.39, 0.29) is 0 Å². The molecular formula is C24H46N4O2. The maximum atomic E-state index is 6.18. The van der Waals surface area contributed by atoms with E-state index in [0.717, 1.165) is 83.6 Å². The first-order valence-electron chi connectivity index (χ1n) is 12.7. The highest BCUT2D eigenvalue weighted by Gasteiger charge is 2.24. The Bertz CT molecular complexity index is 482. The molecule has 3 rings (SSSR count). The predicted molar refractivity (Wildman–Crippen MR) is 124 cm³/mol. The fourth-order valence-corrected chi connectivity index (χ4v) is 5.05. The van der Waals surface area contributed by atoms with Gasteiger partial charge in [0.15, 0.2) is 5.96 Å². The van der Waals surface area contributed by atoms with E-state index in [1.165, 1.54) is 44.9 Å². The molecule has 3 fully saturated rings. The van der Waals surface area contributed by atoms with Gasteiger partial charge in [-0.2, -0.15) is 0 Å². The number of aliphatic imine (C=N–C) groups is 1. The van der Waals surface area contributed by atoms with Crippen molar-refractivity contribution in [3.05, 3.63) is 0 Å². The Morgan fingerprint density at radius 1 is 1.07 bits per heavy atom. The van der Waals surface area contributed by atoms with E-state index >= 15 is 0 Å². The molecule has 0 amide bonds. The maximum absolute atomic E-state index is 6.18. The number of hydrogen-bond donors (Lipinski definition) is 1. The molecule has 1 saturated carbocycles. The molecule has 0 bridgehead atoms. The van der Waals surface area contributed by atoms with Crippen molar-refractivity contribution in [2.24, 2.45) is 4.99 Å². The van der Waals surface area contributed by atoms with Gasteiger partial charge in [0.25, 0.3) is 0 Å². The van der Waals surface area contributed by atoms with Gasteiger partial charge in [-0.3, -0.25) is 4.99 Å². The van der Waals surface area contributed by atoms with Crippen LogP contribution in [-0.4, -0.2) is 87.0 Å². The highest BCUT2D eigenvalue weighted by atomic mass is 16.5. The van der Waals surface area contributed by atoms with Gasteiger partial charge in [-0.25, -0.2) is 0 Å². The van der Waals surface area contributed by atoms with Crippen LogP contribution < -0.4 is 5.32 Å². The van der Waals surface area contributed by atoms with E-state index in [9.17, 15) is 0 Å². The first-order valence-corrected chi connectivity index (χ1v) is 12.7. The molecular weight excluding hydrogens is 376 g/mol. The summed E-state index contributed by atoms with van der Waals surface area (Å²) in [6, 6.07) is 0.800. The normalized spacial score (nSPS) is 25.1. The van der Waals surface area contributed by atoms with Crippen LogP contribution in [0, 0.1) is 0 Å². The molecule has 1 N–H and O–H groups in total. The fraction of sp³-hybridized carbons (Fsp3) is 0.958. The number of rotatable bonds is 9. The van der Waals surface area contributed by atoms with E-state index in [2.05, 4.69) is 29.1 Å². The summed E-state index contributed by atoms with van der Waals surface area (Å²) in [6.07, 6.45) is 14.7. The monoisotopic (exact) mass is 422 g/mol. The lowest BCUT2D eigenvalue weighted by atomic mass is 9.94. The molecule has 30 heavy (non-hydrogen) atoms. The van der Waals surface area contributed by atoms with E-state index in [1.54, 1.807) is 0 Å². The molecule has 0 radical (unpaired) electrons. The average molecular weight is 423 g/mol. The van der Waals surface area contributed by atoms with Crippen molar-refractivity contribution < 1.29 is 9.47 Å². The van der Waals surface area contributed by atoms with Crippen LogP contribution in [0.4, 0.5) is 0 Å². The highest BCUT2D eigenvalue weighted by molar-refractivity contribution is 5.80. The maximum Gasteiger partial charge on any atom is 0.193 e. The number of nitrogens with zero attached hydrogens (tertiary/aromatic N) is 3. The zero-order valence-corrected chi connectivity index (χ0v) is 19.6. The van der Waals surface area contributed by atoms with Crippen molar-refractivity contribution in [3.63, 3.8) is 0 Å². The van der Waals surface area contributed by atoms with Gasteiger partial charge in [0.1, 0.15) is 0 Å². The van der Waals surface area contributed by atoms with Crippen molar-refractivity contribution in [1.82, 2.24) is 15.1 Å². The molecule has 1 atom stereocenters. The minimum absolute atomic E-state index is 0.322. The molecule has 0 aromatic rings. The largest absolute Gasteiger partial charge is 0.376 e. The van der Waals surface area contributed by atoms with Gasteiger partial charge in [0.05, 0.1) is 18.8 Å². The van der Waals surface area contributed by atoms with Crippen LogP contribution in [0.25, 0.3) is 0 Å². The number of guanidine groups is 1. The van der Waals surface area contributed by atoms with Gasteiger partial charge < -0.3 is 24.6 Å². The van der Waals surface area contributed by atoms with E-state index in [1.807, 2.05) is 0 Å². The molecule has 174 valence electrons. The van der Waals surface area contributed by atoms with Crippen LogP contribution in [-0.2, 0) is 9.47 Å². The molecule has 0 aromatic heterocycles. The first kappa shape index (κ1) is 23.8. The Labute approximate surface area is 184 Å². The van der Waals surface area contributed by atoms with Gasteiger partial charge >= 0.3 is 0 Å². The Morgan fingerprint density at radius 2 is 1.83 bits per heavy atom. The minimum Gasteiger partial charge on any atom is -0.376 e. The van der Waals surface area contributed by atoms with Crippen molar-refractivity contribution in [2.45, 2.75) is 95.8 Å². The quantitative estimate of drug-likeness (QED) is 0.349. The SMILES string of the molecule is CCNC(=NCCCN(C)C1CCCCC1)N1CCC(OCC2CCCCO2)CC1. The summed E-state index contributed by atoms with van der Waals surface area (Å²) >= 11 is 0. The van der Waals surface area contributed by atoms with Crippen molar-refractivity contribution >= 4 is 5.96 Å². The topological polar surface area (TPSA) is 49.3 Å². The molecule has 6 nitrogen and oxygen atoms in total. The predicted octanol–water partition coefficient (Wildman–Crippen LogP) is 3.66. The van der Waals surface area contributed by atoms with E-state index in [4.69, 9.17) is 14.5 Å². The van der Waals surface area contributed by atoms with Crippen LogP contribution in [0.15, 0.2) is 4.99 Å². The van der Waals surface area contributed by atoms with E-state index < -0.39 is 0 Å². The van der Waals surface area contributed by atoms with Crippen molar-refractivity contribution in [2.75, 3.05) is 53.0 Å². The van der Waals surface area contributed by atoms with Crippen molar-refractivity contribution in [3.8, 4) is 0 Å². The zero-order valence-electron chi connectivity index (χ0n) is 19.6. The summed E-state index contributed by atoms with van der Waals surface area (Å²) in [5.74, 6) is 1.09. The minimum atomic E-state index is 0.322. The summed E-state index contributed by atoms with van der Waals surface area (Å²) in [6.45, 7) is 8.90. The Hall–Kier alpha value is -0.850. The summed E-state index contributed by atoms with van der Waals surface area (Å²) < 4.78 is 12.0. The third kappa shape index (κ3) is 8.01. The molecule has 6 heteroatoms. The van der Waals surface area contributed by atoms with Crippen LogP contribution in [0.1, 0.15) is 77.6 Å². The third-order valence-corrected chi connectivity index (χ3v) is 7.00.